The zero-order valence-electron chi connectivity index (χ0n) is 74.5. The molecule has 0 aliphatic rings. The Hall–Kier alpha value is -8.19. The van der Waals surface area contributed by atoms with Crippen molar-refractivity contribution >= 4 is 88.7 Å². The first-order valence-electron chi connectivity index (χ1n) is 43.6. The lowest BCUT2D eigenvalue weighted by Crippen LogP contribution is -2.61. The highest BCUT2D eigenvalue weighted by molar-refractivity contribution is 6.00. The number of carboxylic acid groups (broad SMARTS) is 1. The second kappa shape index (κ2) is 61.2. The Morgan fingerprint density at radius 3 is 0.538 bits per heavy atom. The number of amides is 14. The Morgan fingerprint density at radius 2 is 0.370 bits per heavy atom. The van der Waals surface area contributed by atoms with Gasteiger partial charge in [-0.25, -0.2) is 0 Å². The van der Waals surface area contributed by atoms with Gasteiger partial charge in [0.05, 0.1) is 6.04 Å². The molecule has 0 saturated heterocycles. The van der Waals surface area contributed by atoms with Gasteiger partial charge in [0.1, 0.15) is 78.5 Å². The Kier molecular flexibility index (Phi) is 56.9. The molecular weight excluding hydrogens is 1530 g/mol. The van der Waals surface area contributed by atoms with Gasteiger partial charge in [-0.1, -0.05) is 111 Å². The highest BCUT2D eigenvalue weighted by Gasteiger charge is 2.39. The van der Waals surface area contributed by atoms with Gasteiger partial charge in [0, 0.05) is 6.42 Å². The largest absolute Gasteiger partial charge is 0.481 e. The van der Waals surface area contributed by atoms with Crippen molar-refractivity contribution in [2.75, 3.05) is 32.7 Å². The number of nitrogens with one attached hydrogen (secondary N) is 13. The number of rotatable bonds is 66. The molecule has 14 amide bonds. The van der Waals surface area contributed by atoms with Crippen LogP contribution >= 0.6 is 0 Å². The van der Waals surface area contributed by atoms with Crippen molar-refractivity contribution in [3.63, 3.8) is 0 Å². The molecule has 36 heteroatoms. The number of unbranched alkanes of at least 4 members (excludes halogenated alkanes) is 5. The highest BCUT2D eigenvalue weighted by atomic mass is 16.4. The molecule has 0 aromatic rings. The Labute approximate surface area is 707 Å². The van der Waals surface area contributed by atoms with Gasteiger partial charge in [0.25, 0.3) is 0 Å². The molecule has 0 spiro atoms. The minimum atomic E-state index is -1.65. The summed E-state index contributed by atoms with van der Waals surface area (Å²) < 4.78 is 0. The molecule has 0 fully saturated rings. The van der Waals surface area contributed by atoms with Crippen molar-refractivity contribution in [3.8, 4) is 0 Å². The van der Waals surface area contributed by atoms with Crippen molar-refractivity contribution in [1.82, 2.24) is 69.1 Å². The Morgan fingerprint density at radius 1 is 0.218 bits per heavy atom. The van der Waals surface area contributed by atoms with E-state index in [1.54, 1.807) is 41.5 Å². The molecule has 0 aromatic heterocycles. The number of primary amides is 1. The average molecular weight is 1690 g/mol. The quantitative estimate of drug-likeness (QED) is 0.0377. The van der Waals surface area contributed by atoms with Gasteiger partial charge < -0.3 is 114 Å². The lowest BCUT2D eigenvalue weighted by molar-refractivity contribution is -0.139. The predicted molar refractivity (Wildman–Crippen MR) is 459 cm³/mol. The third-order valence-electron chi connectivity index (χ3n) is 19.6. The van der Waals surface area contributed by atoms with Crippen LogP contribution < -0.4 is 109 Å². The van der Waals surface area contributed by atoms with Gasteiger partial charge in [0.15, 0.2) is 0 Å². The van der Waals surface area contributed by atoms with E-state index in [9.17, 15) is 77.0 Å². The first kappa shape index (κ1) is 111. The van der Waals surface area contributed by atoms with E-state index < -0.39 is 186 Å². The average Bonchev–Trinajstić information content (AvgIpc) is 0.853. The maximum atomic E-state index is 14.8. The van der Waals surface area contributed by atoms with Crippen molar-refractivity contribution < 1.29 is 77.0 Å². The lowest BCUT2D eigenvalue weighted by Gasteiger charge is -2.30. The standard InChI is InChI=1S/C83H158N20O16/c1-47(2)39-55(89)71(107)98-63(41-49(5)6)78(114)93-56(27-17-22-34-84)72(108)92-60(31-21-26-38-88)76(112)100-67(45-53(13)14)82(118)102-65(43-51(9)10)80(116)95-58(29-19-24-36-86)74(110)96-61(32-33-69(104)105)77(113)101-68(46-54(15)16)83(119)103-64(42-50(7)8)79(115)94-57(28-18-23-35-85)73(109)91-59(30-20-25-37-87)75(111)99-66(44-52(11)12)81(117)97-62(70(90)106)40-48(3)4/h47-68H,17-46,84-89H2,1-16H3,(H2,90,106)(H,91,109)(H,92,108)(H,93,114)(H,94,115)(H,95,116)(H,96,110)(H,97,117)(H,98,107)(H,99,111)(H,100,112)(H,101,113)(H,102,118)(H,103,119)(H,104,105)/t55-,56-,57-,58-,59-,60-,61-,62-,63-,64-,65-,66-,67-,68-/m0/s1. The second-order valence-corrected chi connectivity index (χ2v) is 35.2. The first-order chi connectivity index (χ1) is 55.8. The molecule has 0 heterocycles. The summed E-state index contributed by atoms with van der Waals surface area (Å²) in [6.07, 6.45) is 4.07. The summed E-state index contributed by atoms with van der Waals surface area (Å²) in [7, 11) is 0. The van der Waals surface area contributed by atoms with E-state index in [2.05, 4.69) is 69.1 Å². The minimum Gasteiger partial charge on any atom is -0.481 e. The Bertz CT molecular complexity index is 3100. The van der Waals surface area contributed by atoms with Crippen LogP contribution in [0, 0.1) is 47.3 Å². The monoisotopic (exact) mass is 1690 g/mol. The molecule has 0 unspecified atom stereocenters. The minimum absolute atomic E-state index is 0.00737. The zero-order chi connectivity index (χ0) is 90.8. The summed E-state index contributed by atoms with van der Waals surface area (Å²) >= 11 is 0. The van der Waals surface area contributed by atoms with Crippen molar-refractivity contribution in [3.05, 3.63) is 0 Å². The third kappa shape index (κ3) is 48.7. The van der Waals surface area contributed by atoms with Gasteiger partial charge in [-0.2, -0.15) is 0 Å². The predicted octanol–water partition coefficient (Wildman–Crippen LogP) is 0.980. The van der Waals surface area contributed by atoms with Crippen LogP contribution in [0.4, 0.5) is 0 Å². The van der Waals surface area contributed by atoms with Crippen LogP contribution in [0.2, 0.25) is 0 Å². The summed E-state index contributed by atoms with van der Waals surface area (Å²) in [4.78, 5) is 212. The second-order valence-electron chi connectivity index (χ2n) is 35.2. The first-order valence-corrected chi connectivity index (χ1v) is 43.6. The van der Waals surface area contributed by atoms with E-state index in [4.69, 9.17) is 40.1 Å². The number of carboxylic acids is 1. The van der Waals surface area contributed by atoms with Gasteiger partial charge in [-0.3, -0.25) is 71.9 Å². The fourth-order valence-corrected chi connectivity index (χ4v) is 13.4. The van der Waals surface area contributed by atoms with Crippen LogP contribution in [-0.2, 0) is 71.9 Å². The van der Waals surface area contributed by atoms with E-state index >= 15 is 0 Å². The fraction of sp³-hybridized carbons (Fsp3) is 0.819. The van der Waals surface area contributed by atoms with Crippen molar-refractivity contribution in [2.45, 2.75) is 356 Å². The molecule has 0 aliphatic carbocycles. The molecule has 0 rings (SSSR count). The number of carbonyl (C=O) groups excluding carboxylic acids is 14. The summed E-state index contributed by atoms with van der Waals surface area (Å²) in [5.74, 6) is -13.2. The molecule has 14 atom stereocenters. The van der Waals surface area contributed by atoms with Gasteiger partial charge in [-0.05, 0) is 234 Å². The molecule has 119 heavy (non-hydrogen) atoms. The number of hydrogen-bond donors (Lipinski definition) is 21. The summed E-state index contributed by atoms with van der Waals surface area (Å²) in [6.45, 7) is 30.5. The maximum Gasteiger partial charge on any atom is 0.303 e. The van der Waals surface area contributed by atoms with E-state index in [1.165, 1.54) is 0 Å². The number of hydrogen-bond acceptors (Lipinski definition) is 21. The van der Waals surface area contributed by atoms with Crippen LogP contribution in [0.1, 0.15) is 271 Å². The SMILES string of the molecule is CC(C)C[C@H](NC(=O)[C@H](CC(C)C)NC(=O)[C@H](CCCCN)NC(=O)[C@H](CCCCN)NC(=O)[C@H](CC(C)C)NC(=O)[C@H](CC(C)C)NC(=O)[C@H](CCC(=O)O)NC(=O)[C@H](CCCCN)NC(=O)[C@H](CC(C)C)NC(=O)[C@H](CC(C)C)NC(=O)[C@H](CCCCN)NC(=O)[C@H](CCCCN)NC(=O)[C@H](CC(C)C)NC(=O)[C@@H](N)CC(C)C)C(N)=O. The molecule has 0 aliphatic heterocycles. The summed E-state index contributed by atoms with van der Waals surface area (Å²) in [5, 5.41) is 45.7. The van der Waals surface area contributed by atoms with Gasteiger partial charge in [-0.15, -0.1) is 0 Å². The van der Waals surface area contributed by atoms with Crippen molar-refractivity contribution in [1.29, 1.82) is 0 Å². The van der Waals surface area contributed by atoms with E-state index in [1.807, 2.05) is 69.2 Å². The van der Waals surface area contributed by atoms with Gasteiger partial charge >= 0.3 is 5.97 Å². The van der Waals surface area contributed by atoms with Crippen LogP contribution in [-0.4, -0.2) is 211 Å². The molecule has 0 radical (unpaired) electrons. The maximum absolute atomic E-state index is 14.8. The molecule has 686 valence electrons. The number of nitrogens with two attached hydrogens (primary N) is 7. The van der Waals surface area contributed by atoms with E-state index in [-0.39, 0.29) is 157 Å². The third-order valence-corrected chi connectivity index (χ3v) is 19.6. The lowest BCUT2D eigenvalue weighted by atomic mass is 9.98. The molecule has 0 saturated carbocycles. The number of aliphatic carboxylic acids is 1. The molecule has 0 bridgehead atoms. The van der Waals surface area contributed by atoms with Gasteiger partial charge in [0.2, 0.25) is 82.7 Å². The molecule has 0 aromatic carbocycles. The van der Waals surface area contributed by atoms with Crippen LogP contribution in [0.5, 0.6) is 0 Å². The van der Waals surface area contributed by atoms with E-state index in [0.717, 1.165) is 0 Å². The van der Waals surface area contributed by atoms with Crippen LogP contribution in [0.3, 0.4) is 0 Å². The number of carbonyl (C=O) groups is 15. The summed E-state index contributed by atoms with van der Waals surface area (Å²) in [5.41, 5.74) is 41.2. The summed E-state index contributed by atoms with van der Waals surface area (Å²) in [6, 6.07) is -17.6. The van der Waals surface area contributed by atoms with Crippen molar-refractivity contribution in [2.24, 2.45) is 87.5 Å². The van der Waals surface area contributed by atoms with E-state index in [0.29, 0.717) is 70.8 Å². The topological polar surface area (TPSA) is 615 Å². The van der Waals surface area contributed by atoms with Crippen LogP contribution in [0.25, 0.3) is 0 Å². The fourth-order valence-electron chi connectivity index (χ4n) is 13.4. The normalized spacial score (nSPS) is 15.2. The smallest absolute Gasteiger partial charge is 0.303 e. The molecule has 28 N–H and O–H groups in total. The Balaban J connectivity index is 7.42. The molecule has 36 nitrogen and oxygen atoms in total. The zero-order valence-corrected chi connectivity index (χ0v) is 74.5. The molecular formula is C83H158N20O16. The highest BCUT2D eigenvalue weighted by Crippen LogP contribution is 2.19. The van der Waals surface area contributed by atoms with Crippen LogP contribution in [0.15, 0.2) is 0 Å².